The van der Waals surface area contributed by atoms with E-state index in [0.717, 1.165) is 11.3 Å². The third kappa shape index (κ3) is 4.16. The van der Waals surface area contributed by atoms with Gasteiger partial charge < -0.3 is 4.74 Å². The summed E-state index contributed by atoms with van der Waals surface area (Å²) in [5.74, 6) is 0.803. The lowest BCUT2D eigenvalue weighted by atomic mass is 9.80. The van der Waals surface area contributed by atoms with Gasteiger partial charge in [0.1, 0.15) is 11.2 Å². The summed E-state index contributed by atoms with van der Waals surface area (Å²) >= 11 is 0. The monoisotopic (exact) mass is 254 g/mol. The molecule has 3 nitrogen and oxygen atoms in total. The molecular weight excluding hydrogens is 236 g/mol. The summed E-state index contributed by atoms with van der Waals surface area (Å²) in [7, 11) is 0. The molecular formula is C16H18N2O. The zero-order valence-electron chi connectivity index (χ0n) is 11.2. The average molecular weight is 254 g/mol. The van der Waals surface area contributed by atoms with Gasteiger partial charge in [0.15, 0.2) is 0 Å². The van der Waals surface area contributed by atoms with E-state index in [1.54, 1.807) is 6.08 Å². The normalized spacial score (nSPS) is 10.3. The Labute approximate surface area is 114 Å². The van der Waals surface area contributed by atoms with Crippen molar-refractivity contribution >= 4 is 0 Å². The second-order valence-electron chi connectivity index (χ2n) is 4.39. The number of nitrogens with zero attached hydrogens (tertiary/aromatic N) is 2. The molecule has 0 N–H and O–H groups in total. The Balaban J connectivity index is 2.82. The van der Waals surface area contributed by atoms with Crippen LogP contribution in [-0.4, -0.2) is 6.61 Å². The highest BCUT2D eigenvalue weighted by Crippen LogP contribution is 2.28. The van der Waals surface area contributed by atoms with Crippen molar-refractivity contribution in [3.05, 3.63) is 42.5 Å². The molecule has 0 aliphatic rings. The number of allylic oxidation sites excluding steroid dienone is 1. The predicted molar refractivity (Wildman–Crippen MR) is 74.4 cm³/mol. The van der Waals surface area contributed by atoms with Crippen LogP contribution < -0.4 is 4.74 Å². The van der Waals surface area contributed by atoms with Gasteiger partial charge in [-0.25, -0.2) is 0 Å². The smallest absolute Gasteiger partial charge is 0.148 e. The first kappa shape index (κ1) is 14.8. The molecule has 1 rings (SSSR count). The Bertz CT molecular complexity index is 477. The molecule has 0 fully saturated rings. The highest BCUT2D eigenvalue weighted by atomic mass is 16.5. The van der Waals surface area contributed by atoms with Crippen LogP contribution in [0.25, 0.3) is 0 Å². The lowest BCUT2D eigenvalue weighted by Crippen LogP contribution is -2.19. The summed E-state index contributed by atoms with van der Waals surface area (Å²) in [6.07, 6.45) is 3.34. The summed E-state index contributed by atoms with van der Waals surface area (Å²) in [6.45, 7) is 6.19. The van der Waals surface area contributed by atoms with Gasteiger partial charge >= 0.3 is 0 Å². The van der Waals surface area contributed by atoms with Crippen molar-refractivity contribution in [2.24, 2.45) is 5.41 Å². The Morgan fingerprint density at radius 3 is 2.37 bits per heavy atom. The van der Waals surface area contributed by atoms with E-state index >= 15 is 0 Å². The van der Waals surface area contributed by atoms with E-state index < -0.39 is 5.41 Å². The first-order valence-corrected chi connectivity index (χ1v) is 6.35. The topological polar surface area (TPSA) is 56.8 Å². The average Bonchev–Trinajstić information content (AvgIpc) is 2.46. The van der Waals surface area contributed by atoms with Crippen LogP contribution in [0.2, 0.25) is 0 Å². The molecule has 19 heavy (non-hydrogen) atoms. The predicted octanol–water partition coefficient (Wildman–Crippen LogP) is 3.63. The fourth-order valence-electron chi connectivity index (χ4n) is 1.87. The number of nitriles is 2. The van der Waals surface area contributed by atoms with E-state index in [1.165, 1.54) is 0 Å². The van der Waals surface area contributed by atoms with E-state index in [2.05, 4.69) is 18.7 Å². The summed E-state index contributed by atoms with van der Waals surface area (Å²) in [5.41, 5.74) is -0.00275. The Morgan fingerprint density at radius 1 is 1.26 bits per heavy atom. The number of benzene rings is 1. The number of hydrogen-bond donors (Lipinski definition) is 0. The lowest BCUT2D eigenvalue weighted by molar-refractivity contribution is 0.340. The molecule has 0 bridgehead atoms. The van der Waals surface area contributed by atoms with Crippen LogP contribution in [0, 0.1) is 28.1 Å². The zero-order valence-corrected chi connectivity index (χ0v) is 11.2. The van der Waals surface area contributed by atoms with Gasteiger partial charge in [-0.05, 0) is 37.5 Å². The molecule has 0 radical (unpaired) electrons. The van der Waals surface area contributed by atoms with Crippen molar-refractivity contribution in [2.75, 3.05) is 6.61 Å². The molecule has 0 aliphatic carbocycles. The van der Waals surface area contributed by atoms with Crippen molar-refractivity contribution in [3.63, 3.8) is 0 Å². The summed E-state index contributed by atoms with van der Waals surface area (Å²) in [5, 5.41) is 18.5. The molecule has 0 amide bonds. The Morgan fingerprint density at radius 2 is 1.89 bits per heavy atom. The lowest BCUT2D eigenvalue weighted by Gasteiger charge is -2.17. The van der Waals surface area contributed by atoms with Crippen molar-refractivity contribution in [1.29, 1.82) is 10.5 Å². The Kier molecular flexibility index (Phi) is 5.64. The third-order valence-corrected chi connectivity index (χ3v) is 2.94. The van der Waals surface area contributed by atoms with E-state index in [-0.39, 0.29) is 0 Å². The van der Waals surface area contributed by atoms with Crippen molar-refractivity contribution in [2.45, 2.75) is 26.2 Å². The minimum Gasteiger partial charge on any atom is -0.494 e. The van der Waals surface area contributed by atoms with Crippen molar-refractivity contribution in [3.8, 4) is 17.9 Å². The van der Waals surface area contributed by atoms with E-state index in [1.807, 2.05) is 31.2 Å². The van der Waals surface area contributed by atoms with Crippen LogP contribution >= 0.6 is 0 Å². The van der Waals surface area contributed by atoms with Gasteiger partial charge in [-0.15, -0.1) is 6.58 Å². The molecule has 0 unspecified atom stereocenters. The number of ether oxygens (including phenoxy) is 1. The zero-order chi connectivity index (χ0) is 14.1. The van der Waals surface area contributed by atoms with Crippen LogP contribution in [-0.2, 0) is 6.42 Å². The minimum absolute atomic E-state index is 0.431. The maximum Gasteiger partial charge on any atom is 0.148 e. The molecule has 1 aromatic carbocycles. The third-order valence-electron chi connectivity index (χ3n) is 2.94. The molecule has 0 aliphatic heterocycles. The molecule has 0 saturated heterocycles. The fourth-order valence-corrected chi connectivity index (χ4v) is 1.87. The molecule has 0 aromatic heterocycles. The van der Waals surface area contributed by atoms with Gasteiger partial charge in [0.2, 0.25) is 0 Å². The van der Waals surface area contributed by atoms with E-state index in [0.29, 0.717) is 25.9 Å². The fraction of sp³-hybridized carbons (Fsp3) is 0.375. The molecule has 0 saturated carbocycles. The molecule has 0 heterocycles. The molecule has 98 valence electrons. The van der Waals surface area contributed by atoms with Gasteiger partial charge in [0.05, 0.1) is 18.7 Å². The number of hydrogen-bond acceptors (Lipinski definition) is 3. The van der Waals surface area contributed by atoms with Gasteiger partial charge in [0.25, 0.3) is 0 Å². The van der Waals surface area contributed by atoms with Crippen molar-refractivity contribution < 1.29 is 4.74 Å². The first-order chi connectivity index (χ1) is 9.19. The van der Waals surface area contributed by atoms with E-state index in [4.69, 9.17) is 4.74 Å². The maximum atomic E-state index is 9.27. The van der Waals surface area contributed by atoms with Crippen LogP contribution in [0.5, 0.6) is 5.75 Å². The number of rotatable bonds is 7. The largest absolute Gasteiger partial charge is 0.494 e. The second kappa shape index (κ2) is 7.24. The van der Waals surface area contributed by atoms with Crippen LogP contribution in [0.1, 0.15) is 25.3 Å². The standard InChI is InChI=1S/C16H18N2O/c1-3-5-10-16(12-17,13-18)11-14-6-8-15(9-7-14)19-4-2/h3,6-9H,1,4-5,10-11H2,2H3. The van der Waals surface area contributed by atoms with Crippen LogP contribution in [0.15, 0.2) is 36.9 Å². The Hall–Kier alpha value is -2.26. The maximum absolute atomic E-state index is 9.27. The summed E-state index contributed by atoms with van der Waals surface area (Å²) in [6, 6.07) is 11.8. The van der Waals surface area contributed by atoms with Crippen LogP contribution in [0.4, 0.5) is 0 Å². The van der Waals surface area contributed by atoms with Gasteiger partial charge in [-0.1, -0.05) is 18.2 Å². The van der Waals surface area contributed by atoms with Crippen LogP contribution in [0.3, 0.4) is 0 Å². The first-order valence-electron chi connectivity index (χ1n) is 6.35. The minimum atomic E-state index is -0.971. The quantitative estimate of drug-likeness (QED) is 0.698. The van der Waals surface area contributed by atoms with Gasteiger partial charge in [-0.3, -0.25) is 0 Å². The molecule has 1 aromatic rings. The molecule has 0 spiro atoms. The summed E-state index contributed by atoms with van der Waals surface area (Å²) in [4.78, 5) is 0. The van der Waals surface area contributed by atoms with Gasteiger partial charge in [0, 0.05) is 6.42 Å². The molecule has 0 atom stereocenters. The molecule has 3 heteroatoms. The SMILES string of the molecule is C=CCCC(C#N)(C#N)Cc1ccc(OCC)cc1. The highest BCUT2D eigenvalue weighted by molar-refractivity contribution is 5.30. The van der Waals surface area contributed by atoms with Gasteiger partial charge in [-0.2, -0.15) is 10.5 Å². The second-order valence-corrected chi connectivity index (χ2v) is 4.39. The van der Waals surface area contributed by atoms with Crippen molar-refractivity contribution in [1.82, 2.24) is 0 Å². The highest BCUT2D eigenvalue weighted by Gasteiger charge is 2.29. The summed E-state index contributed by atoms with van der Waals surface area (Å²) < 4.78 is 5.37. The van der Waals surface area contributed by atoms with E-state index in [9.17, 15) is 10.5 Å².